The quantitative estimate of drug-likeness (QED) is 0.797. The van der Waals surface area contributed by atoms with Gasteiger partial charge in [0, 0.05) is 13.0 Å². The fraction of sp³-hybridized carbons (Fsp3) is 0.562. The number of hydrogen-bond acceptors (Lipinski definition) is 4. The highest BCUT2D eigenvalue weighted by Crippen LogP contribution is 2.33. The average Bonchev–Trinajstić information content (AvgIpc) is 2.92. The summed E-state index contributed by atoms with van der Waals surface area (Å²) >= 11 is 0. The lowest BCUT2D eigenvalue weighted by molar-refractivity contribution is -0.0963. The molecule has 1 aliphatic rings. The lowest BCUT2D eigenvalue weighted by atomic mass is 10.2. The van der Waals surface area contributed by atoms with E-state index in [1.165, 1.54) is 0 Å². The van der Waals surface area contributed by atoms with Crippen LogP contribution in [0.25, 0.3) is 0 Å². The molecular weight excluding hydrogens is 266 g/mol. The Morgan fingerprint density at radius 1 is 1.19 bits per heavy atom. The van der Waals surface area contributed by atoms with Crippen LogP contribution in [0.1, 0.15) is 18.4 Å². The molecule has 1 fully saturated rings. The molecule has 0 radical (unpaired) electrons. The zero-order valence-electron chi connectivity index (χ0n) is 13.4. The summed E-state index contributed by atoms with van der Waals surface area (Å²) in [4.78, 5) is 18.5. The van der Waals surface area contributed by atoms with Gasteiger partial charge < -0.3 is 4.74 Å². The van der Waals surface area contributed by atoms with E-state index >= 15 is 0 Å². The van der Waals surface area contributed by atoms with Gasteiger partial charge in [-0.15, -0.1) is 0 Å². The summed E-state index contributed by atoms with van der Waals surface area (Å²) in [6.07, 6.45) is 1.66. The molecule has 0 spiro atoms. The van der Waals surface area contributed by atoms with Gasteiger partial charge in [0.25, 0.3) is 0 Å². The molecule has 0 aliphatic carbocycles. The lowest BCUT2D eigenvalue weighted by Gasteiger charge is -2.47. The van der Waals surface area contributed by atoms with Crippen molar-refractivity contribution in [1.82, 2.24) is 14.7 Å². The van der Waals surface area contributed by atoms with Gasteiger partial charge in [-0.2, -0.15) is 0 Å². The van der Waals surface area contributed by atoms with Crippen LogP contribution in [0.2, 0.25) is 0 Å². The van der Waals surface area contributed by atoms with Crippen LogP contribution >= 0.6 is 0 Å². The standard InChI is InChI=1S/C16H25N3O2/c1-17(2)16(18(3)4)11-8-12-19(16)15(20)21-13-14-9-6-5-7-10-14/h5-7,9-10H,8,11-13H2,1-4H3. The highest BCUT2D eigenvalue weighted by molar-refractivity contribution is 5.69. The van der Waals surface area contributed by atoms with Crippen LogP contribution in [-0.2, 0) is 11.3 Å². The summed E-state index contributed by atoms with van der Waals surface area (Å²) in [5, 5.41) is 0. The first-order chi connectivity index (χ1) is 9.98. The molecule has 0 bridgehead atoms. The van der Waals surface area contributed by atoms with E-state index in [-0.39, 0.29) is 6.09 Å². The Labute approximate surface area is 127 Å². The molecule has 0 N–H and O–H groups in total. The smallest absolute Gasteiger partial charge is 0.412 e. The van der Waals surface area contributed by atoms with Gasteiger partial charge in [-0.05, 0) is 40.2 Å². The first-order valence-corrected chi connectivity index (χ1v) is 7.31. The molecule has 21 heavy (non-hydrogen) atoms. The Hall–Kier alpha value is -1.59. The molecular formula is C16H25N3O2. The van der Waals surface area contributed by atoms with Crippen LogP contribution in [0.4, 0.5) is 4.79 Å². The molecule has 1 amide bonds. The number of carbonyl (C=O) groups excluding carboxylic acids is 1. The second-order valence-corrected chi connectivity index (χ2v) is 5.86. The van der Waals surface area contributed by atoms with Crippen molar-refractivity contribution in [2.24, 2.45) is 0 Å². The third-order valence-electron chi connectivity index (χ3n) is 4.18. The van der Waals surface area contributed by atoms with Crippen molar-refractivity contribution >= 4 is 6.09 Å². The molecule has 0 saturated carbocycles. The zero-order chi connectivity index (χ0) is 15.5. The molecule has 0 atom stereocenters. The van der Waals surface area contributed by atoms with E-state index in [0.29, 0.717) is 6.61 Å². The van der Waals surface area contributed by atoms with Crippen LogP contribution < -0.4 is 0 Å². The average molecular weight is 291 g/mol. The van der Waals surface area contributed by atoms with Crippen LogP contribution in [0.15, 0.2) is 30.3 Å². The van der Waals surface area contributed by atoms with Crippen molar-refractivity contribution in [1.29, 1.82) is 0 Å². The Balaban J connectivity index is 2.07. The van der Waals surface area contributed by atoms with E-state index in [1.807, 2.05) is 63.4 Å². The molecule has 2 rings (SSSR count). The Kier molecular flexibility index (Phi) is 4.85. The van der Waals surface area contributed by atoms with E-state index in [0.717, 1.165) is 24.9 Å². The van der Waals surface area contributed by atoms with E-state index in [2.05, 4.69) is 9.80 Å². The molecule has 1 aromatic rings. The fourth-order valence-corrected chi connectivity index (χ4v) is 3.15. The summed E-state index contributed by atoms with van der Waals surface area (Å²) in [6.45, 7) is 1.04. The van der Waals surface area contributed by atoms with Crippen LogP contribution in [-0.4, -0.2) is 61.3 Å². The second kappa shape index (κ2) is 6.45. The summed E-state index contributed by atoms with van der Waals surface area (Å²) in [7, 11) is 8.01. The molecule has 5 heteroatoms. The molecule has 0 aromatic heterocycles. The lowest BCUT2D eigenvalue weighted by Crippen LogP contribution is -2.64. The molecule has 1 saturated heterocycles. The number of benzene rings is 1. The molecule has 0 unspecified atom stereocenters. The van der Waals surface area contributed by atoms with E-state index in [4.69, 9.17) is 4.74 Å². The van der Waals surface area contributed by atoms with Gasteiger partial charge >= 0.3 is 6.09 Å². The minimum absolute atomic E-state index is 0.251. The van der Waals surface area contributed by atoms with Gasteiger partial charge in [-0.1, -0.05) is 30.3 Å². The fourth-order valence-electron chi connectivity index (χ4n) is 3.15. The zero-order valence-corrected chi connectivity index (χ0v) is 13.4. The molecule has 116 valence electrons. The van der Waals surface area contributed by atoms with Crippen LogP contribution in [0.3, 0.4) is 0 Å². The maximum atomic E-state index is 12.5. The molecule has 1 aliphatic heterocycles. The van der Waals surface area contributed by atoms with E-state index < -0.39 is 5.79 Å². The van der Waals surface area contributed by atoms with Gasteiger partial charge in [0.15, 0.2) is 5.79 Å². The van der Waals surface area contributed by atoms with E-state index in [1.54, 1.807) is 0 Å². The minimum atomic E-state index is -0.395. The van der Waals surface area contributed by atoms with Gasteiger partial charge in [0.05, 0.1) is 0 Å². The van der Waals surface area contributed by atoms with Crippen molar-refractivity contribution in [2.75, 3.05) is 34.7 Å². The van der Waals surface area contributed by atoms with Crippen molar-refractivity contribution < 1.29 is 9.53 Å². The highest BCUT2D eigenvalue weighted by Gasteiger charge is 2.48. The Bertz CT molecular complexity index is 466. The number of nitrogens with zero attached hydrogens (tertiary/aromatic N) is 3. The minimum Gasteiger partial charge on any atom is -0.444 e. The van der Waals surface area contributed by atoms with Crippen molar-refractivity contribution in [2.45, 2.75) is 25.2 Å². The number of rotatable bonds is 4. The molecule has 1 heterocycles. The number of amides is 1. The number of ether oxygens (including phenoxy) is 1. The maximum absolute atomic E-state index is 12.5. The predicted octanol–water partition coefficient (Wildman–Crippen LogP) is 2.20. The highest BCUT2D eigenvalue weighted by atomic mass is 16.6. The predicted molar refractivity (Wildman–Crippen MR) is 82.7 cm³/mol. The van der Waals surface area contributed by atoms with Crippen molar-refractivity contribution in [3.05, 3.63) is 35.9 Å². The SMILES string of the molecule is CN(C)C1(N(C)C)CCCN1C(=O)OCc1ccccc1. The first kappa shape index (κ1) is 15.8. The first-order valence-electron chi connectivity index (χ1n) is 7.31. The number of likely N-dealkylation sites (tertiary alicyclic amines) is 1. The summed E-state index contributed by atoms with van der Waals surface area (Å²) in [6, 6.07) is 9.77. The van der Waals surface area contributed by atoms with Gasteiger partial charge in [-0.3, -0.25) is 14.7 Å². The summed E-state index contributed by atoms with van der Waals surface area (Å²) in [5.74, 6) is -0.395. The molecule has 1 aromatic carbocycles. The van der Waals surface area contributed by atoms with Crippen LogP contribution in [0, 0.1) is 0 Å². The Morgan fingerprint density at radius 3 is 2.38 bits per heavy atom. The van der Waals surface area contributed by atoms with Crippen LogP contribution in [0.5, 0.6) is 0 Å². The monoisotopic (exact) mass is 291 g/mol. The third kappa shape index (κ3) is 3.04. The number of carbonyl (C=O) groups is 1. The van der Waals surface area contributed by atoms with Crippen molar-refractivity contribution in [3.63, 3.8) is 0 Å². The van der Waals surface area contributed by atoms with E-state index in [9.17, 15) is 4.79 Å². The van der Waals surface area contributed by atoms with Gasteiger partial charge in [0.2, 0.25) is 0 Å². The number of hydrogen-bond donors (Lipinski definition) is 0. The summed E-state index contributed by atoms with van der Waals surface area (Å²) in [5.41, 5.74) is 1.00. The van der Waals surface area contributed by atoms with Gasteiger partial charge in [0.1, 0.15) is 6.61 Å². The van der Waals surface area contributed by atoms with Crippen molar-refractivity contribution in [3.8, 4) is 0 Å². The second-order valence-electron chi connectivity index (χ2n) is 5.86. The normalized spacial score (nSPS) is 17.5. The summed E-state index contributed by atoms with van der Waals surface area (Å²) < 4.78 is 5.50. The molecule has 5 nitrogen and oxygen atoms in total. The maximum Gasteiger partial charge on any atom is 0.412 e. The largest absolute Gasteiger partial charge is 0.444 e. The van der Waals surface area contributed by atoms with Gasteiger partial charge in [-0.25, -0.2) is 4.79 Å². The topological polar surface area (TPSA) is 36.0 Å². The third-order valence-corrected chi connectivity index (χ3v) is 4.18. The Morgan fingerprint density at radius 2 is 1.81 bits per heavy atom.